The first-order chi connectivity index (χ1) is 13.7. The van der Waals surface area contributed by atoms with Crippen molar-refractivity contribution in [3.05, 3.63) is 59.7 Å². The molecular formula is C24H30N2O2. The zero-order chi connectivity index (χ0) is 19.3. The lowest BCUT2D eigenvalue weighted by atomic mass is 10.0. The van der Waals surface area contributed by atoms with Gasteiger partial charge in [0.15, 0.2) is 0 Å². The smallest absolute Gasteiger partial charge is 0.320 e. The number of likely N-dealkylation sites (tertiary alicyclic amines) is 1. The van der Waals surface area contributed by atoms with Crippen LogP contribution in [0.2, 0.25) is 0 Å². The van der Waals surface area contributed by atoms with Gasteiger partial charge in [0.2, 0.25) is 0 Å². The molecule has 4 rings (SSSR count). The fraction of sp³-hybridized carbons (Fsp3) is 0.458. The number of anilines is 2. The standard InChI is InChI=1S/C24H30N2O2/c27-24(28)23-13-5-6-16-25(23)17-7-8-18-26-21-11-3-1-9-19(21)14-15-20-10-2-4-12-22(20)26/h1-4,9-12,23H,5-8,13-18H2,(H,27,28)/t23-/m1/s1. The molecule has 0 aliphatic carbocycles. The predicted molar refractivity (Wildman–Crippen MR) is 113 cm³/mol. The number of aryl methyl sites for hydroxylation is 2. The maximum absolute atomic E-state index is 11.5. The van der Waals surface area contributed by atoms with Gasteiger partial charge in [-0.2, -0.15) is 0 Å². The highest BCUT2D eigenvalue weighted by atomic mass is 16.4. The quantitative estimate of drug-likeness (QED) is 0.744. The molecule has 1 N–H and O–H groups in total. The maximum atomic E-state index is 11.5. The fourth-order valence-electron chi connectivity index (χ4n) is 4.73. The summed E-state index contributed by atoms with van der Waals surface area (Å²) in [6.07, 6.45) is 7.21. The minimum Gasteiger partial charge on any atom is -0.480 e. The summed E-state index contributed by atoms with van der Waals surface area (Å²) in [7, 11) is 0. The van der Waals surface area contributed by atoms with Crippen molar-refractivity contribution < 1.29 is 9.90 Å². The van der Waals surface area contributed by atoms with Gasteiger partial charge in [-0.3, -0.25) is 9.69 Å². The number of piperidine rings is 1. The van der Waals surface area contributed by atoms with Crippen LogP contribution in [0, 0.1) is 0 Å². The molecule has 28 heavy (non-hydrogen) atoms. The summed E-state index contributed by atoms with van der Waals surface area (Å²) in [5.41, 5.74) is 5.49. The molecule has 0 radical (unpaired) electrons. The van der Waals surface area contributed by atoms with E-state index in [1.54, 1.807) is 0 Å². The molecule has 2 aromatic carbocycles. The first-order valence-corrected chi connectivity index (χ1v) is 10.6. The van der Waals surface area contributed by atoms with Crippen molar-refractivity contribution in [1.29, 1.82) is 0 Å². The van der Waals surface area contributed by atoms with Gasteiger partial charge >= 0.3 is 5.97 Å². The average Bonchev–Trinajstić information content (AvgIpc) is 2.88. The molecule has 0 saturated carbocycles. The van der Waals surface area contributed by atoms with Crippen molar-refractivity contribution in [3.8, 4) is 0 Å². The summed E-state index contributed by atoms with van der Waals surface area (Å²) < 4.78 is 0. The molecule has 0 unspecified atom stereocenters. The van der Waals surface area contributed by atoms with Crippen LogP contribution in [-0.4, -0.2) is 41.7 Å². The molecule has 4 heteroatoms. The molecule has 148 valence electrons. The lowest BCUT2D eigenvalue weighted by Crippen LogP contribution is -2.45. The minimum absolute atomic E-state index is 0.284. The number of para-hydroxylation sites is 2. The van der Waals surface area contributed by atoms with E-state index in [0.29, 0.717) is 0 Å². The van der Waals surface area contributed by atoms with Crippen molar-refractivity contribution in [2.24, 2.45) is 0 Å². The maximum Gasteiger partial charge on any atom is 0.320 e. The number of fused-ring (bicyclic) bond motifs is 2. The Morgan fingerprint density at radius 1 is 0.893 bits per heavy atom. The highest BCUT2D eigenvalue weighted by Crippen LogP contribution is 2.36. The topological polar surface area (TPSA) is 43.8 Å². The van der Waals surface area contributed by atoms with Gasteiger partial charge in [0.05, 0.1) is 0 Å². The molecule has 2 heterocycles. The Kier molecular flexibility index (Phi) is 5.96. The summed E-state index contributed by atoms with van der Waals surface area (Å²) in [6.45, 7) is 2.78. The molecule has 1 atom stereocenters. The number of hydrogen-bond acceptors (Lipinski definition) is 3. The molecule has 2 aliphatic rings. The van der Waals surface area contributed by atoms with E-state index in [-0.39, 0.29) is 6.04 Å². The molecule has 1 fully saturated rings. The molecule has 1 saturated heterocycles. The molecule has 0 bridgehead atoms. The number of benzene rings is 2. The average molecular weight is 379 g/mol. The van der Waals surface area contributed by atoms with Crippen LogP contribution in [0.15, 0.2) is 48.5 Å². The number of nitrogens with zero attached hydrogens (tertiary/aromatic N) is 2. The molecule has 0 aromatic heterocycles. The third-order valence-electron chi connectivity index (χ3n) is 6.20. The number of carbonyl (C=O) groups is 1. The van der Waals surface area contributed by atoms with Gasteiger partial charge in [0.1, 0.15) is 6.04 Å². The Morgan fingerprint density at radius 3 is 2.14 bits per heavy atom. The molecule has 2 aliphatic heterocycles. The number of hydrogen-bond donors (Lipinski definition) is 1. The van der Waals surface area contributed by atoms with Gasteiger partial charge in [-0.25, -0.2) is 0 Å². The second kappa shape index (κ2) is 8.78. The summed E-state index contributed by atoms with van der Waals surface area (Å²) in [4.78, 5) is 16.2. The number of aliphatic carboxylic acids is 1. The van der Waals surface area contributed by atoms with Crippen molar-refractivity contribution >= 4 is 17.3 Å². The zero-order valence-corrected chi connectivity index (χ0v) is 16.5. The first-order valence-electron chi connectivity index (χ1n) is 10.6. The fourth-order valence-corrected chi connectivity index (χ4v) is 4.73. The van der Waals surface area contributed by atoms with Gasteiger partial charge in [-0.15, -0.1) is 0 Å². The zero-order valence-electron chi connectivity index (χ0n) is 16.5. The Bertz CT molecular complexity index is 772. The van der Waals surface area contributed by atoms with Gasteiger partial charge in [0, 0.05) is 17.9 Å². The van der Waals surface area contributed by atoms with Crippen LogP contribution in [-0.2, 0) is 17.6 Å². The lowest BCUT2D eigenvalue weighted by Gasteiger charge is -2.33. The van der Waals surface area contributed by atoms with Gasteiger partial charge in [-0.1, -0.05) is 42.8 Å². The Hall–Kier alpha value is -2.33. The van der Waals surface area contributed by atoms with Gasteiger partial charge in [0.25, 0.3) is 0 Å². The van der Waals surface area contributed by atoms with Crippen LogP contribution in [0.1, 0.15) is 43.2 Å². The second-order valence-corrected chi connectivity index (χ2v) is 8.00. The molecule has 0 spiro atoms. The van der Waals surface area contributed by atoms with Crippen molar-refractivity contribution in [2.45, 2.75) is 51.0 Å². The van der Waals surface area contributed by atoms with Crippen LogP contribution in [0.3, 0.4) is 0 Å². The van der Waals surface area contributed by atoms with E-state index >= 15 is 0 Å². The van der Waals surface area contributed by atoms with Crippen molar-refractivity contribution in [3.63, 3.8) is 0 Å². The van der Waals surface area contributed by atoms with E-state index in [4.69, 9.17) is 0 Å². The summed E-state index contributed by atoms with van der Waals surface area (Å²) in [5, 5.41) is 9.47. The Morgan fingerprint density at radius 2 is 1.50 bits per heavy atom. The van der Waals surface area contributed by atoms with Crippen LogP contribution in [0.5, 0.6) is 0 Å². The Labute approximate surface area is 167 Å². The Balaban J connectivity index is 1.44. The third-order valence-corrected chi connectivity index (χ3v) is 6.20. The molecule has 4 nitrogen and oxygen atoms in total. The number of rotatable bonds is 6. The van der Waals surface area contributed by atoms with Crippen LogP contribution in [0.4, 0.5) is 11.4 Å². The highest BCUT2D eigenvalue weighted by molar-refractivity contribution is 5.73. The molecule has 0 amide bonds. The van der Waals surface area contributed by atoms with Crippen LogP contribution < -0.4 is 4.90 Å². The monoisotopic (exact) mass is 378 g/mol. The second-order valence-electron chi connectivity index (χ2n) is 8.00. The van der Waals surface area contributed by atoms with E-state index in [9.17, 15) is 9.90 Å². The lowest BCUT2D eigenvalue weighted by molar-refractivity contribution is -0.144. The minimum atomic E-state index is -0.657. The molecule has 2 aromatic rings. The van der Waals surface area contributed by atoms with E-state index in [2.05, 4.69) is 58.3 Å². The van der Waals surface area contributed by atoms with Crippen LogP contribution >= 0.6 is 0 Å². The van der Waals surface area contributed by atoms with Crippen LogP contribution in [0.25, 0.3) is 0 Å². The van der Waals surface area contributed by atoms with Gasteiger partial charge < -0.3 is 10.0 Å². The van der Waals surface area contributed by atoms with Crippen molar-refractivity contribution in [2.75, 3.05) is 24.5 Å². The number of carboxylic acids is 1. The molecular weight excluding hydrogens is 348 g/mol. The van der Waals surface area contributed by atoms with E-state index < -0.39 is 5.97 Å². The van der Waals surface area contributed by atoms with E-state index in [1.807, 2.05) is 0 Å². The van der Waals surface area contributed by atoms with Gasteiger partial charge in [-0.05, 0) is 74.9 Å². The number of unbranched alkanes of at least 4 members (excludes halogenated alkanes) is 1. The summed E-state index contributed by atoms with van der Waals surface area (Å²) in [6, 6.07) is 17.2. The first kappa shape index (κ1) is 19.0. The highest BCUT2D eigenvalue weighted by Gasteiger charge is 2.27. The van der Waals surface area contributed by atoms with E-state index in [1.165, 1.54) is 22.5 Å². The SMILES string of the molecule is O=C(O)[C@H]1CCCCN1CCCCN1c2ccccc2CCc2ccccc21. The third kappa shape index (κ3) is 4.07. The number of carboxylic acid groups (broad SMARTS) is 1. The van der Waals surface area contributed by atoms with Crippen molar-refractivity contribution in [1.82, 2.24) is 4.90 Å². The summed E-state index contributed by atoms with van der Waals surface area (Å²) >= 11 is 0. The predicted octanol–water partition coefficient (Wildman–Crippen LogP) is 4.64. The normalized spacial score (nSPS) is 19.6. The van der Waals surface area contributed by atoms with E-state index in [0.717, 1.165) is 64.6 Å². The summed E-state index contributed by atoms with van der Waals surface area (Å²) in [5.74, 6) is -0.657. The largest absolute Gasteiger partial charge is 0.480 e.